The second-order valence-electron chi connectivity index (χ2n) is 6.82. The van der Waals surface area contributed by atoms with Gasteiger partial charge in [0.2, 0.25) is 5.91 Å². The van der Waals surface area contributed by atoms with E-state index >= 15 is 0 Å². The van der Waals surface area contributed by atoms with Crippen molar-refractivity contribution in [2.24, 2.45) is 0 Å². The van der Waals surface area contributed by atoms with E-state index in [2.05, 4.69) is 5.32 Å². The van der Waals surface area contributed by atoms with E-state index in [1.165, 1.54) is 31.4 Å². The Morgan fingerprint density at radius 1 is 0.969 bits per heavy atom. The first-order valence-electron chi connectivity index (χ1n) is 9.55. The molecular weight excluding hydrogens is 452 g/mol. The number of hydrogen-bond acceptors (Lipinski definition) is 5. The summed E-state index contributed by atoms with van der Waals surface area (Å²) in [6.07, 6.45) is 0. The summed E-state index contributed by atoms with van der Waals surface area (Å²) in [4.78, 5) is 24.8. The van der Waals surface area contributed by atoms with Crippen LogP contribution in [0.4, 0.5) is 11.4 Å². The highest BCUT2D eigenvalue weighted by Gasteiger charge is 2.27. The van der Waals surface area contributed by atoms with Gasteiger partial charge in [0.15, 0.2) is 0 Å². The molecule has 3 rings (SSSR count). The molecule has 32 heavy (non-hydrogen) atoms. The van der Waals surface area contributed by atoms with Gasteiger partial charge in [0.1, 0.15) is 6.54 Å². The molecule has 3 aromatic carbocycles. The number of para-hydroxylation sites is 1. The number of rotatable bonds is 7. The smallest absolute Gasteiger partial charge is 0.338 e. The highest BCUT2D eigenvalue weighted by molar-refractivity contribution is 7.92. The predicted octanol–water partition coefficient (Wildman–Crippen LogP) is 4.27. The first-order chi connectivity index (χ1) is 15.2. The number of anilines is 2. The lowest BCUT2D eigenvalue weighted by molar-refractivity contribution is -0.114. The fourth-order valence-corrected chi connectivity index (χ4v) is 4.61. The fraction of sp³-hybridized carbons (Fsp3) is 0.130. The van der Waals surface area contributed by atoms with Crippen molar-refractivity contribution in [2.75, 3.05) is 23.3 Å². The van der Waals surface area contributed by atoms with Crippen LogP contribution in [-0.4, -0.2) is 33.9 Å². The van der Waals surface area contributed by atoms with Crippen molar-refractivity contribution in [1.82, 2.24) is 0 Å². The predicted molar refractivity (Wildman–Crippen MR) is 124 cm³/mol. The molecule has 1 N–H and O–H groups in total. The van der Waals surface area contributed by atoms with Gasteiger partial charge in [-0.3, -0.25) is 9.10 Å². The molecule has 0 heterocycles. The molecule has 0 aliphatic carbocycles. The van der Waals surface area contributed by atoms with Gasteiger partial charge >= 0.3 is 5.97 Å². The summed E-state index contributed by atoms with van der Waals surface area (Å²) in [6, 6.07) is 18.8. The van der Waals surface area contributed by atoms with E-state index in [-0.39, 0.29) is 4.90 Å². The molecular formula is C23H21ClN2O5S. The highest BCUT2D eigenvalue weighted by Crippen LogP contribution is 2.25. The first-order valence-corrected chi connectivity index (χ1v) is 11.4. The Bertz CT molecular complexity index is 1230. The Labute approximate surface area is 191 Å². The van der Waals surface area contributed by atoms with Gasteiger partial charge in [-0.15, -0.1) is 0 Å². The van der Waals surface area contributed by atoms with Crippen LogP contribution in [0, 0.1) is 6.92 Å². The number of halogens is 1. The lowest BCUT2D eigenvalue weighted by atomic mass is 10.1. The van der Waals surface area contributed by atoms with E-state index < -0.39 is 28.4 Å². The van der Waals surface area contributed by atoms with Crippen molar-refractivity contribution in [3.05, 3.63) is 88.9 Å². The van der Waals surface area contributed by atoms with Crippen molar-refractivity contribution < 1.29 is 22.7 Å². The molecule has 1 amide bonds. The summed E-state index contributed by atoms with van der Waals surface area (Å²) in [5.41, 5.74) is 1.53. The minimum atomic E-state index is -4.05. The number of carbonyl (C=O) groups is 2. The van der Waals surface area contributed by atoms with Crippen LogP contribution in [-0.2, 0) is 19.6 Å². The lowest BCUT2D eigenvalue weighted by Crippen LogP contribution is -2.38. The number of nitrogens with one attached hydrogen (secondary N) is 1. The third kappa shape index (κ3) is 5.09. The summed E-state index contributed by atoms with van der Waals surface area (Å²) in [7, 11) is -2.78. The SMILES string of the molecule is COC(=O)c1cccc(NC(=O)CN(c2ccccc2)S(=O)(=O)c2ccc(Cl)cc2)c1C. The number of sulfonamides is 1. The molecule has 0 saturated carbocycles. The molecule has 0 aliphatic rings. The van der Waals surface area contributed by atoms with E-state index in [0.29, 0.717) is 27.5 Å². The van der Waals surface area contributed by atoms with Gasteiger partial charge in [0, 0.05) is 10.7 Å². The zero-order chi connectivity index (χ0) is 23.3. The Hall–Kier alpha value is -3.36. The summed E-state index contributed by atoms with van der Waals surface area (Å²) < 4.78 is 32.4. The van der Waals surface area contributed by atoms with Gasteiger partial charge in [-0.2, -0.15) is 0 Å². The molecule has 0 radical (unpaired) electrons. The third-order valence-corrected chi connectivity index (χ3v) is 6.79. The average molecular weight is 473 g/mol. The maximum absolute atomic E-state index is 13.3. The van der Waals surface area contributed by atoms with Crippen LogP contribution < -0.4 is 9.62 Å². The molecule has 166 valence electrons. The van der Waals surface area contributed by atoms with E-state index in [1.807, 2.05) is 0 Å². The largest absolute Gasteiger partial charge is 0.465 e. The summed E-state index contributed by atoms with van der Waals surface area (Å²) in [6.45, 7) is 1.19. The molecule has 0 bridgehead atoms. The molecule has 0 unspecified atom stereocenters. The van der Waals surface area contributed by atoms with E-state index in [0.717, 1.165) is 4.31 Å². The van der Waals surface area contributed by atoms with Crippen LogP contribution >= 0.6 is 11.6 Å². The lowest BCUT2D eigenvalue weighted by Gasteiger charge is -2.24. The number of methoxy groups -OCH3 is 1. The molecule has 9 heteroatoms. The van der Waals surface area contributed by atoms with Gasteiger partial charge < -0.3 is 10.1 Å². The van der Waals surface area contributed by atoms with Gasteiger partial charge in [-0.1, -0.05) is 35.9 Å². The van der Waals surface area contributed by atoms with Crippen molar-refractivity contribution in [1.29, 1.82) is 0 Å². The monoisotopic (exact) mass is 472 g/mol. The van der Waals surface area contributed by atoms with Crippen LogP contribution in [0.15, 0.2) is 77.7 Å². The maximum atomic E-state index is 13.3. The van der Waals surface area contributed by atoms with E-state index in [9.17, 15) is 18.0 Å². The van der Waals surface area contributed by atoms with Gasteiger partial charge in [0.25, 0.3) is 10.0 Å². The van der Waals surface area contributed by atoms with Gasteiger partial charge in [0.05, 0.1) is 23.3 Å². The standard InChI is InChI=1S/C23H21ClN2O5S/c1-16-20(23(28)31-2)9-6-10-21(16)25-22(27)15-26(18-7-4-3-5-8-18)32(29,30)19-13-11-17(24)12-14-19/h3-14H,15H2,1-2H3,(H,25,27). The number of hydrogen-bond donors (Lipinski definition) is 1. The van der Waals surface area contributed by atoms with E-state index in [1.54, 1.807) is 55.5 Å². The number of ether oxygens (including phenoxy) is 1. The van der Waals surface area contributed by atoms with Crippen LogP contribution in [0.5, 0.6) is 0 Å². The van der Waals surface area contributed by atoms with Crippen molar-refractivity contribution in [3.63, 3.8) is 0 Å². The van der Waals surface area contributed by atoms with Crippen molar-refractivity contribution in [3.8, 4) is 0 Å². The Kier molecular flexibility index (Phi) is 7.17. The second-order valence-corrected chi connectivity index (χ2v) is 9.12. The first kappa shape index (κ1) is 23.3. The second kappa shape index (κ2) is 9.84. The Balaban J connectivity index is 1.92. The summed E-state index contributed by atoms with van der Waals surface area (Å²) in [5.74, 6) is -1.11. The number of nitrogens with zero attached hydrogens (tertiary/aromatic N) is 1. The highest BCUT2D eigenvalue weighted by atomic mass is 35.5. The zero-order valence-electron chi connectivity index (χ0n) is 17.4. The zero-order valence-corrected chi connectivity index (χ0v) is 19.0. The molecule has 0 spiro atoms. The summed E-state index contributed by atoms with van der Waals surface area (Å²) in [5, 5.41) is 3.09. The quantitative estimate of drug-likeness (QED) is 0.518. The van der Waals surface area contributed by atoms with Crippen LogP contribution in [0.3, 0.4) is 0 Å². The number of carbonyl (C=O) groups excluding carboxylic acids is 2. The number of esters is 1. The van der Waals surface area contributed by atoms with Crippen LogP contribution in [0.25, 0.3) is 0 Å². The van der Waals surface area contributed by atoms with Crippen molar-refractivity contribution >= 4 is 44.9 Å². The normalized spacial score (nSPS) is 11.0. The molecule has 7 nitrogen and oxygen atoms in total. The number of amides is 1. The fourth-order valence-electron chi connectivity index (χ4n) is 3.07. The third-order valence-electron chi connectivity index (χ3n) is 4.75. The topological polar surface area (TPSA) is 92.8 Å². The van der Waals surface area contributed by atoms with Crippen LogP contribution in [0.1, 0.15) is 15.9 Å². The van der Waals surface area contributed by atoms with Gasteiger partial charge in [-0.25, -0.2) is 13.2 Å². The van der Waals surface area contributed by atoms with Crippen LogP contribution in [0.2, 0.25) is 5.02 Å². The molecule has 0 atom stereocenters. The average Bonchev–Trinajstić information content (AvgIpc) is 2.79. The minimum Gasteiger partial charge on any atom is -0.465 e. The van der Waals surface area contributed by atoms with Gasteiger partial charge in [-0.05, 0) is 61.0 Å². The maximum Gasteiger partial charge on any atom is 0.338 e. The van der Waals surface area contributed by atoms with Crippen molar-refractivity contribution in [2.45, 2.75) is 11.8 Å². The van der Waals surface area contributed by atoms with E-state index in [4.69, 9.17) is 16.3 Å². The molecule has 0 aromatic heterocycles. The molecule has 3 aromatic rings. The number of benzene rings is 3. The summed E-state index contributed by atoms with van der Waals surface area (Å²) >= 11 is 5.89. The molecule has 0 aliphatic heterocycles. The molecule has 0 saturated heterocycles. The minimum absolute atomic E-state index is 0.00224. The Morgan fingerprint density at radius 2 is 1.62 bits per heavy atom. The Morgan fingerprint density at radius 3 is 2.25 bits per heavy atom. The molecule has 0 fully saturated rings.